The third kappa shape index (κ3) is 6.06. The molecule has 5 rings (SSSR count). The number of morpholine rings is 1. The Balaban J connectivity index is 1.10. The number of hydrogen-bond acceptors (Lipinski definition) is 6. The van der Waals surface area contributed by atoms with Crippen LogP contribution in [0.1, 0.15) is 37.8 Å². The van der Waals surface area contributed by atoms with Crippen molar-refractivity contribution in [3.8, 4) is 5.75 Å². The van der Waals surface area contributed by atoms with Crippen LogP contribution in [0.25, 0.3) is 0 Å². The monoisotopic (exact) mass is 504 g/mol. The van der Waals surface area contributed by atoms with E-state index in [-0.39, 0.29) is 5.60 Å². The van der Waals surface area contributed by atoms with Crippen LogP contribution in [0.2, 0.25) is 0 Å². The first kappa shape index (κ1) is 25.1. The molecule has 0 radical (unpaired) electrons. The van der Waals surface area contributed by atoms with E-state index in [1.807, 2.05) is 12.1 Å². The van der Waals surface area contributed by atoms with E-state index >= 15 is 0 Å². The SMILES string of the molecule is FC(F)(F)c1ccc(N2CCOC3(CCN(c4ccc(OCCCN5CCCC5)cc4)CC3)C2)cn1. The Morgan fingerprint density at radius 2 is 1.61 bits per heavy atom. The van der Waals surface area contributed by atoms with Crippen molar-refractivity contribution < 1.29 is 22.6 Å². The third-order valence-corrected chi connectivity index (χ3v) is 7.61. The normalized spacial score (nSPS) is 20.8. The number of hydrogen-bond donors (Lipinski definition) is 0. The van der Waals surface area contributed by atoms with Crippen molar-refractivity contribution in [1.82, 2.24) is 9.88 Å². The summed E-state index contributed by atoms with van der Waals surface area (Å²) in [5.74, 6) is 0.907. The topological polar surface area (TPSA) is 41.1 Å². The van der Waals surface area contributed by atoms with Gasteiger partial charge in [-0.05, 0) is 81.6 Å². The maximum atomic E-state index is 12.9. The van der Waals surface area contributed by atoms with Gasteiger partial charge >= 0.3 is 6.18 Å². The van der Waals surface area contributed by atoms with Crippen LogP contribution in [0, 0.1) is 0 Å². The van der Waals surface area contributed by atoms with Crippen molar-refractivity contribution in [2.45, 2.75) is 43.9 Å². The van der Waals surface area contributed by atoms with E-state index in [4.69, 9.17) is 9.47 Å². The molecule has 1 spiro atoms. The Morgan fingerprint density at radius 1 is 0.889 bits per heavy atom. The predicted octanol–water partition coefficient (Wildman–Crippen LogP) is 4.84. The minimum atomic E-state index is -4.42. The summed E-state index contributed by atoms with van der Waals surface area (Å²) in [5, 5.41) is 0. The van der Waals surface area contributed by atoms with Crippen molar-refractivity contribution in [1.29, 1.82) is 0 Å². The molecule has 2 aromatic rings. The van der Waals surface area contributed by atoms with Crippen LogP contribution in [0.15, 0.2) is 42.6 Å². The highest BCUT2D eigenvalue weighted by molar-refractivity contribution is 5.50. The van der Waals surface area contributed by atoms with Gasteiger partial charge in [-0.15, -0.1) is 0 Å². The van der Waals surface area contributed by atoms with Crippen LogP contribution in [0.3, 0.4) is 0 Å². The highest BCUT2D eigenvalue weighted by Gasteiger charge is 2.40. The Kier molecular flexibility index (Phi) is 7.57. The van der Waals surface area contributed by atoms with Crippen molar-refractivity contribution in [2.75, 3.05) is 68.8 Å². The van der Waals surface area contributed by atoms with Crippen molar-refractivity contribution in [3.63, 3.8) is 0 Å². The summed E-state index contributed by atoms with van der Waals surface area (Å²) in [6.07, 6.45) is 2.33. The molecular weight excluding hydrogens is 469 g/mol. The standard InChI is InChI=1S/C27H35F3N4O2/c28-27(29,30)25-9-6-23(20-31-25)34-17-19-36-26(21-34)10-15-33(16-11-26)22-4-7-24(8-5-22)35-18-3-14-32-12-1-2-13-32/h4-9,20H,1-3,10-19,21H2. The van der Waals surface area contributed by atoms with Gasteiger partial charge in [0.2, 0.25) is 0 Å². The summed E-state index contributed by atoms with van der Waals surface area (Å²) in [5.41, 5.74) is 0.745. The number of alkyl halides is 3. The van der Waals surface area contributed by atoms with Gasteiger partial charge in [-0.1, -0.05) is 0 Å². The quantitative estimate of drug-likeness (QED) is 0.503. The number of aromatic nitrogens is 1. The molecule has 3 aliphatic heterocycles. The van der Waals surface area contributed by atoms with Gasteiger partial charge in [0, 0.05) is 38.4 Å². The van der Waals surface area contributed by atoms with Gasteiger partial charge in [0.1, 0.15) is 11.4 Å². The largest absolute Gasteiger partial charge is 0.494 e. The molecule has 36 heavy (non-hydrogen) atoms. The van der Waals surface area contributed by atoms with Crippen LogP contribution < -0.4 is 14.5 Å². The van der Waals surface area contributed by atoms with Gasteiger partial charge < -0.3 is 24.2 Å². The maximum Gasteiger partial charge on any atom is 0.433 e. The first-order valence-electron chi connectivity index (χ1n) is 13.0. The molecule has 0 amide bonds. The molecular formula is C27H35F3N4O2. The number of pyridine rings is 1. The molecule has 1 aromatic carbocycles. The lowest BCUT2D eigenvalue weighted by molar-refractivity contribution is -0.141. The highest BCUT2D eigenvalue weighted by Crippen LogP contribution is 2.35. The lowest BCUT2D eigenvalue weighted by Gasteiger charge is -2.48. The van der Waals surface area contributed by atoms with Crippen molar-refractivity contribution >= 4 is 11.4 Å². The van der Waals surface area contributed by atoms with Crippen molar-refractivity contribution in [3.05, 3.63) is 48.3 Å². The van der Waals surface area contributed by atoms with Gasteiger partial charge in [-0.3, -0.25) is 0 Å². The molecule has 0 unspecified atom stereocenters. The summed E-state index contributed by atoms with van der Waals surface area (Å²) in [4.78, 5) is 10.6. The van der Waals surface area contributed by atoms with Crippen LogP contribution in [0.5, 0.6) is 5.75 Å². The second kappa shape index (κ2) is 10.8. The smallest absolute Gasteiger partial charge is 0.433 e. The highest BCUT2D eigenvalue weighted by atomic mass is 19.4. The lowest BCUT2D eigenvalue weighted by atomic mass is 9.89. The molecule has 0 bridgehead atoms. The fraction of sp³-hybridized carbons (Fsp3) is 0.593. The molecule has 1 aromatic heterocycles. The Bertz CT molecular complexity index is 970. The molecule has 9 heteroatoms. The zero-order valence-corrected chi connectivity index (χ0v) is 20.7. The molecule has 6 nitrogen and oxygen atoms in total. The number of piperidine rings is 1. The number of halogens is 3. The average molecular weight is 505 g/mol. The van der Waals surface area contributed by atoms with Gasteiger partial charge in [0.25, 0.3) is 0 Å². The molecule has 196 valence electrons. The minimum Gasteiger partial charge on any atom is -0.494 e. The molecule has 0 saturated carbocycles. The average Bonchev–Trinajstić information content (AvgIpc) is 3.41. The van der Waals surface area contributed by atoms with E-state index in [1.54, 1.807) is 0 Å². The number of anilines is 2. The Hall–Kier alpha value is -2.52. The number of rotatable bonds is 7. The maximum absolute atomic E-state index is 12.9. The van der Waals surface area contributed by atoms with E-state index in [0.717, 1.165) is 57.3 Å². The first-order chi connectivity index (χ1) is 17.4. The van der Waals surface area contributed by atoms with E-state index < -0.39 is 11.9 Å². The predicted molar refractivity (Wildman–Crippen MR) is 134 cm³/mol. The van der Waals surface area contributed by atoms with Crippen LogP contribution in [0.4, 0.5) is 24.5 Å². The van der Waals surface area contributed by atoms with E-state index in [2.05, 4.69) is 31.8 Å². The second-order valence-electron chi connectivity index (χ2n) is 10.1. The molecule has 3 aliphatic rings. The minimum absolute atomic E-state index is 0.282. The Labute approximate surface area is 211 Å². The lowest BCUT2D eigenvalue weighted by Crippen LogP contribution is -2.57. The molecule has 0 aliphatic carbocycles. The van der Waals surface area contributed by atoms with Crippen LogP contribution >= 0.6 is 0 Å². The summed E-state index contributed by atoms with van der Waals surface area (Å²) < 4.78 is 50.8. The van der Waals surface area contributed by atoms with E-state index in [9.17, 15) is 13.2 Å². The number of ether oxygens (including phenoxy) is 2. The second-order valence-corrected chi connectivity index (χ2v) is 10.1. The molecule has 3 fully saturated rings. The van der Waals surface area contributed by atoms with Gasteiger partial charge in [-0.2, -0.15) is 13.2 Å². The van der Waals surface area contributed by atoms with Crippen LogP contribution in [-0.2, 0) is 10.9 Å². The Morgan fingerprint density at radius 3 is 2.28 bits per heavy atom. The molecule has 0 N–H and O–H groups in total. The summed E-state index contributed by atoms with van der Waals surface area (Å²) in [6, 6.07) is 10.9. The fourth-order valence-corrected chi connectivity index (χ4v) is 5.52. The summed E-state index contributed by atoms with van der Waals surface area (Å²) >= 11 is 0. The summed E-state index contributed by atoms with van der Waals surface area (Å²) in [6.45, 7) is 7.92. The number of likely N-dealkylation sites (tertiary alicyclic amines) is 1. The number of nitrogens with zero attached hydrogens (tertiary/aromatic N) is 4. The summed E-state index contributed by atoms with van der Waals surface area (Å²) in [7, 11) is 0. The molecule has 4 heterocycles. The van der Waals surface area contributed by atoms with Crippen LogP contribution in [-0.4, -0.2) is 74.5 Å². The zero-order chi connectivity index (χ0) is 25.0. The fourth-order valence-electron chi connectivity index (χ4n) is 5.52. The first-order valence-corrected chi connectivity index (χ1v) is 13.0. The van der Waals surface area contributed by atoms with Gasteiger partial charge in [-0.25, -0.2) is 4.98 Å². The van der Waals surface area contributed by atoms with E-state index in [0.29, 0.717) is 25.4 Å². The van der Waals surface area contributed by atoms with Gasteiger partial charge in [0.05, 0.1) is 30.7 Å². The molecule has 3 saturated heterocycles. The third-order valence-electron chi connectivity index (χ3n) is 7.61. The van der Waals surface area contributed by atoms with Crippen molar-refractivity contribution in [2.24, 2.45) is 0 Å². The zero-order valence-electron chi connectivity index (χ0n) is 20.7. The van der Waals surface area contributed by atoms with Gasteiger partial charge in [0.15, 0.2) is 0 Å². The van der Waals surface area contributed by atoms with E-state index in [1.165, 1.54) is 43.9 Å². The molecule has 0 atom stereocenters. The number of benzene rings is 1.